The Hall–Kier alpha value is -1.72. The van der Waals surface area contributed by atoms with Crippen LogP contribution in [0.1, 0.15) is 17.8 Å². The van der Waals surface area contributed by atoms with Crippen molar-refractivity contribution in [2.45, 2.75) is 26.8 Å². The molecule has 0 fully saturated rings. The molecule has 112 valence electrons. The predicted molar refractivity (Wildman–Crippen MR) is 83.1 cm³/mol. The van der Waals surface area contributed by atoms with Crippen LogP contribution in [-0.4, -0.2) is 20.8 Å². The molecule has 0 aliphatic rings. The Balaban J connectivity index is 1.99. The largest absolute Gasteiger partial charge is 0.506 e. The maximum absolute atomic E-state index is 11.9. The first-order valence-electron chi connectivity index (χ1n) is 6.36. The van der Waals surface area contributed by atoms with Crippen molar-refractivity contribution in [2.24, 2.45) is 0 Å². The normalized spacial score (nSPS) is 10.7. The van der Waals surface area contributed by atoms with Gasteiger partial charge in [0.15, 0.2) is 0 Å². The Bertz CT molecular complexity index is 683. The first-order valence-corrected chi connectivity index (χ1v) is 7.12. The molecule has 1 heterocycles. The molecule has 5 nitrogen and oxygen atoms in total. The third-order valence-corrected chi connectivity index (χ3v) is 3.86. The summed E-state index contributed by atoms with van der Waals surface area (Å²) in [6, 6.07) is 4.47. The van der Waals surface area contributed by atoms with Gasteiger partial charge in [-0.25, -0.2) is 0 Å². The fourth-order valence-corrected chi connectivity index (χ4v) is 2.23. The van der Waals surface area contributed by atoms with Crippen LogP contribution in [0, 0.1) is 13.8 Å². The Morgan fingerprint density at radius 3 is 2.71 bits per heavy atom. The molecule has 7 heteroatoms. The van der Waals surface area contributed by atoms with Crippen LogP contribution in [0.5, 0.6) is 5.75 Å². The number of aromatic hydroxyl groups is 1. The Morgan fingerprint density at radius 2 is 2.10 bits per heavy atom. The van der Waals surface area contributed by atoms with Crippen molar-refractivity contribution in [1.29, 1.82) is 0 Å². The number of benzene rings is 1. The summed E-state index contributed by atoms with van der Waals surface area (Å²) in [5, 5.41) is 17.6. The number of rotatable bonds is 4. The summed E-state index contributed by atoms with van der Waals surface area (Å²) in [5.74, 6) is -0.266. The third-order valence-electron chi connectivity index (χ3n) is 3.08. The SMILES string of the molecule is Cc1nn(CCC(=O)Nc2cc(Cl)ccc2O)c(C)c1Cl. The lowest BCUT2D eigenvalue weighted by molar-refractivity contribution is -0.116. The van der Waals surface area contributed by atoms with E-state index in [1.54, 1.807) is 10.7 Å². The molecule has 1 aromatic carbocycles. The second kappa shape index (κ2) is 6.37. The monoisotopic (exact) mass is 327 g/mol. The van der Waals surface area contributed by atoms with Crippen LogP contribution < -0.4 is 5.32 Å². The number of phenols is 1. The second-order valence-electron chi connectivity index (χ2n) is 4.67. The van der Waals surface area contributed by atoms with Gasteiger partial charge in [-0.1, -0.05) is 23.2 Å². The number of nitrogens with zero attached hydrogens (tertiary/aromatic N) is 2. The molecule has 0 atom stereocenters. The van der Waals surface area contributed by atoms with Gasteiger partial charge in [-0.2, -0.15) is 5.10 Å². The van der Waals surface area contributed by atoms with Crippen molar-refractivity contribution in [2.75, 3.05) is 5.32 Å². The maximum atomic E-state index is 11.9. The van der Waals surface area contributed by atoms with E-state index in [1.165, 1.54) is 12.1 Å². The van der Waals surface area contributed by atoms with Gasteiger partial charge in [0.05, 0.1) is 28.6 Å². The van der Waals surface area contributed by atoms with Crippen LogP contribution in [0.3, 0.4) is 0 Å². The van der Waals surface area contributed by atoms with Gasteiger partial charge < -0.3 is 10.4 Å². The summed E-state index contributed by atoms with van der Waals surface area (Å²) >= 11 is 11.9. The molecular formula is C14H15Cl2N3O2. The molecular weight excluding hydrogens is 313 g/mol. The summed E-state index contributed by atoms with van der Waals surface area (Å²) in [7, 11) is 0. The summed E-state index contributed by atoms with van der Waals surface area (Å²) < 4.78 is 1.69. The number of hydrogen-bond acceptors (Lipinski definition) is 3. The van der Waals surface area contributed by atoms with Crippen LogP contribution in [0.25, 0.3) is 0 Å². The van der Waals surface area contributed by atoms with Gasteiger partial charge in [0.1, 0.15) is 5.75 Å². The molecule has 21 heavy (non-hydrogen) atoms. The van der Waals surface area contributed by atoms with Gasteiger partial charge in [0, 0.05) is 11.4 Å². The van der Waals surface area contributed by atoms with Crippen molar-refractivity contribution >= 4 is 34.8 Å². The molecule has 0 aliphatic heterocycles. The van der Waals surface area contributed by atoms with E-state index in [9.17, 15) is 9.90 Å². The first-order chi connectivity index (χ1) is 9.88. The number of phenolic OH excluding ortho intramolecular Hbond substituents is 1. The highest BCUT2D eigenvalue weighted by atomic mass is 35.5. The number of carbonyl (C=O) groups is 1. The molecule has 2 aromatic rings. The zero-order valence-corrected chi connectivity index (χ0v) is 13.2. The molecule has 0 aliphatic carbocycles. The predicted octanol–water partition coefficient (Wildman–Crippen LogP) is 3.54. The maximum Gasteiger partial charge on any atom is 0.226 e. The Morgan fingerprint density at radius 1 is 1.38 bits per heavy atom. The minimum atomic E-state index is -0.240. The molecule has 0 saturated carbocycles. The highest BCUT2D eigenvalue weighted by molar-refractivity contribution is 6.31. The fraction of sp³-hybridized carbons (Fsp3) is 0.286. The van der Waals surface area contributed by atoms with Crippen molar-refractivity contribution in [3.8, 4) is 5.75 Å². The number of halogens is 2. The smallest absolute Gasteiger partial charge is 0.226 e. The highest BCUT2D eigenvalue weighted by Crippen LogP contribution is 2.26. The quantitative estimate of drug-likeness (QED) is 0.844. The van der Waals surface area contributed by atoms with Crippen molar-refractivity contribution in [1.82, 2.24) is 9.78 Å². The Kier molecular flexibility index (Phi) is 4.75. The van der Waals surface area contributed by atoms with E-state index in [1.807, 2.05) is 13.8 Å². The number of hydrogen-bond donors (Lipinski definition) is 2. The van der Waals surface area contributed by atoms with Gasteiger partial charge in [-0.3, -0.25) is 9.48 Å². The molecule has 2 rings (SSSR count). The minimum absolute atomic E-state index is 0.0260. The highest BCUT2D eigenvalue weighted by Gasteiger charge is 2.11. The summed E-state index contributed by atoms with van der Waals surface area (Å²) in [5.41, 5.74) is 1.86. The van der Waals surface area contributed by atoms with Crippen molar-refractivity contribution in [3.63, 3.8) is 0 Å². The number of nitrogens with one attached hydrogen (secondary N) is 1. The molecule has 0 bridgehead atoms. The van der Waals surface area contributed by atoms with Crippen LogP contribution in [-0.2, 0) is 11.3 Å². The number of carbonyl (C=O) groups excluding carboxylic acids is 1. The van der Waals surface area contributed by atoms with E-state index in [4.69, 9.17) is 23.2 Å². The van der Waals surface area contributed by atoms with Gasteiger partial charge >= 0.3 is 0 Å². The molecule has 0 radical (unpaired) electrons. The average Bonchev–Trinajstić information content (AvgIpc) is 2.68. The minimum Gasteiger partial charge on any atom is -0.506 e. The topological polar surface area (TPSA) is 67.2 Å². The third kappa shape index (κ3) is 3.68. The van der Waals surface area contributed by atoms with Gasteiger partial charge in [0.2, 0.25) is 5.91 Å². The van der Waals surface area contributed by atoms with Crippen molar-refractivity contribution < 1.29 is 9.90 Å². The van der Waals surface area contributed by atoms with E-state index in [0.717, 1.165) is 11.4 Å². The Labute approximate surface area is 132 Å². The van der Waals surface area contributed by atoms with E-state index in [-0.39, 0.29) is 18.1 Å². The standard InChI is InChI=1S/C14H15Cl2N3O2/c1-8-14(16)9(2)19(18-8)6-5-13(21)17-11-7-10(15)3-4-12(11)20/h3-4,7,20H,5-6H2,1-2H3,(H,17,21). The molecule has 0 saturated heterocycles. The van der Waals surface area contributed by atoms with Crippen molar-refractivity contribution in [3.05, 3.63) is 39.6 Å². The van der Waals surface area contributed by atoms with E-state index < -0.39 is 0 Å². The number of aromatic nitrogens is 2. The van der Waals surface area contributed by atoms with Gasteiger partial charge in [0.25, 0.3) is 0 Å². The first kappa shape index (κ1) is 15.7. The van der Waals surface area contributed by atoms with Gasteiger partial charge in [-0.05, 0) is 32.0 Å². The number of anilines is 1. The van der Waals surface area contributed by atoms with Crippen LogP contribution in [0.4, 0.5) is 5.69 Å². The molecule has 1 aromatic heterocycles. The van der Waals surface area contributed by atoms with E-state index >= 15 is 0 Å². The average molecular weight is 328 g/mol. The second-order valence-corrected chi connectivity index (χ2v) is 5.48. The lowest BCUT2D eigenvalue weighted by Gasteiger charge is -2.08. The number of aryl methyl sites for hydroxylation is 2. The zero-order valence-electron chi connectivity index (χ0n) is 11.7. The summed E-state index contributed by atoms with van der Waals surface area (Å²) in [6.45, 7) is 4.07. The lowest BCUT2D eigenvalue weighted by atomic mass is 10.2. The zero-order chi connectivity index (χ0) is 15.6. The number of amides is 1. The van der Waals surface area contributed by atoms with E-state index in [0.29, 0.717) is 22.3 Å². The van der Waals surface area contributed by atoms with E-state index in [2.05, 4.69) is 10.4 Å². The molecule has 0 unspecified atom stereocenters. The summed E-state index contributed by atoms with van der Waals surface area (Å²) in [4.78, 5) is 11.9. The molecule has 0 spiro atoms. The lowest BCUT2D eigenvalue weighted by Crippen LogP contribution is -2.15. The van der Waals surface area contributed by atoms with Crippen LogP contribution >= 0.6 is 23.2 Å². The summed E-state index contributed by atoms with van der Waals surface area (Å²) in [6.07, 6.45) is 0.213. The molecule has 1 amide bonds. The van der Waals surface area contributed by atoms with Crippen LogP contribution in [0.15, 0.2) is 18.2 Å². The van der Waals surface area contributed by atoms with Crippen LogP contribution in [0.2, 0.25) is 10.0 Å². The fourth-order valence-electron chi connectivity index (χ4n) is 1.92. The van der Waals surface area contributed by atoms with Gasteiger partial charge in [-0.15, -0.1) is 0 Å². The molecule has 2 N–H and O–H groups in total.